The van der Waals surface area contributed by atoms with Gasteiger partial charge in [-0.1, -0.05) is 0 Å². The van der Waals surface area contributed by atoms with Gasteiger partial charge < -0.3 is 10.5 Å². The van der Waals surface area contributed by atoms with Gasteiger partial charge in [-0.2, -0.15) is 0 Å². The van der Waals surface area contributed by atoms with Crippen molar-refractivity contribution in [3.05, 3.63) is 0 Å². The van der Waals surface area contributed by atoms with E-state index in [0.29, 0.717) is 12.3 Å². The van der Waals surface area contributed by atoms with Gasteiger partial charge in [0.25, 0.3) is 0 Å². The second-order valence-corrected chi connectivity index (χ2v) is 3.17. The standard InChI is InChI=1S/C6H10N2O2S/c1-10-6(9)4-3-11-5(2-7)8-4/h4H,2-3,7H2,1H3. The van der Waals surface area contributed by atoms with Gasteiger partial charge in [-0.15, -0.1) is 11.8 Å². The van der Waals surface area contributed by atoms with Gasteiger partial charge in [-0.25, -0.2) is 4.79 Å². The Bertz CT molecular complexity index is 193. The highest BCUT2D eigenvalue weighted by Gasteiger charge is 2.24. The molecule has 62 valence electrons. The average Bonchev–Trinajstić information content (AvgIpc) is 2.50. The fourth-order valence-electron chi connectivity index (χ4n) is 0.792. The van der Waals surface area contributed by atoms with Gasteiger partial charge in [0.2, 0.25) is 0 Å². The van der Waals surface area contributed by atoms with E-state index in [-0.39, 0.29) is 12.0 Å². The van der Waals surface area contributed by atoms with Crippen molar-refractivity contribution in [2.24, 2.45) is 10.7 Å². The number of esters is 1. The molecule has 4 nitrogen and oxygen atoms in total. The van der Waals surface area contributed by atoms with Crippen LogP contribution in [0.3, 0.4) is 0 Å². The highest BCUT2D eigenvalue weighted by molar-refractivity contribution is 8.14. The highest BCUT2D eigenvalue weighted by Crippen LogP contribution is 2.17. The zero-order valence-electron chi connectivity index (χ0n) is 6.24. The second kappa shape index (κ2) is 3.73. The number of nitrogens with zero attached hydrogens (tertiary/aromatic N) is 1. The molecule has 5 heteroatoms. The fraction of sp³-hybridized carbons (Fsp3) is 0.667. The maximum Gasteiger partial charge on any atom is 0.331 e. The normalized spacial score (nSPS) is 23.1. The minimum absolute atomic E-state index is 0.277. The number of ether oxygens (including phenoxy) is 1. The van der Waals surface area contributed by atoms with Crippen molar-refractivity contribution in [2.75, 3.05) is 19.4 Å². The van der Waals surface area contributed by atoms with E-state index in [1.165, 1.54) is 18.9 Å². The van der Waals surface area contributed by atoms with E-state index in [0.717, 1.165) is 5.04 Å². The second-order valence-electron chi connectivity index (χ2n) is 2.08. The van der Waals surface area contributed by atoms with Gasteiger partial charge in [0.15, 0.2) is 6.04 Å². The number of hydrogen-bond acceptors (Lipinski definition) is 5. The Kier molecular flexibility index (Phi) is 2.90. The molecule has 0 bridgehead atoms. The van der Waals surface area contributed by atoms with E-state index in [4.69, 9.17) is 5.73 Å². The largest absolute Gasteiger partial charge is 0.467 e. The average molecular weight is 174 g/mol. The lowest BCUT2D eigenvalue weighted by Crippen LogP contribution is -2.20. The molecule has 11 heavy (non-hydrogen) atoms. The van der Waals surface area contributed by atoms with Crippen molar-refractivity contribution >= 4 is 22.8 Å². The first-order chi connectivity index (χ1) is 5.27. The maximum absolute atomic E-state index is 10.9. The summed E-state index contributed by atoms with van der Waals surface area (Å²) < 4.78 is 4.53. The molecule has 0 saturated heterocycles. The number of carbonyl (C=O) groups excluding carboxylic acids is 1. The molecule has 2 N–H and O–H groups in total. The van der Waals surface area contributed by atoms with Crippen LogP contribution in [0.1, 0.15) is 0 Å². The predicted octanol–water partition coefficient (Wildman–Crippen LogP) is -0.368. The minimum atomic E-state index is -0.330. The van der Waals surface area contributed by atoms with Gasteiger partial charge in [0.1, 0.15) is 0 Å². The van der Waals surface area contributed by atoms with Crippen LogP contribution in [0.15, 0.2) is 4.99 Å². The summed E-state index contributed by atoms with van der Waals surface area (Å²) in [5, 5.41) is 0.834. The Morgan fingerprint density at radius 2 is 2.73 bits per heavy atom. The van der Waals surface area contributed by atoms with Crippen LogP contribution in [0.4, 0.5) is 0 Å². The number of hydrogen-bond donors (Lipinski definition) is 1. The summed E-state index contributed by atoms with van der Waals surface area (Å²) in [5.41, 5.74) is 5.33. The number of aliphatic imine (C=N–C) groups is 1. The summed E-state index contributed by atoms with van der Waals surface area (Å²) in [4.78, 5) is 14.9. The molecular formula is C6H10N2O2S. The maximum atomic E-state index is 10.9. The first kappa shape index (κ1) is 8.55. The SMILES string of the molecule is COC(=O)C1CSC(CN)=N1. The number of nitrogens with two attached hydrogens (primary N) is 1. The Balaban J connectivity index is 2.52. The lowest BCUT2D eigenvalue weighted by molar-refractivity contribution is -0.141. The number of thioether (sulfide) groups is 1. The molecule has 1 rings (SSSR count). The van der Waals surface area contributed by atoms with Crippen molar-refractivity contribution in [1.29, 1.82) is 0 Å². The van der Waals surface area contributed by atoms with E-state index in [9.17, 15) is 4.79 Å². The Morgan fingerprint density at radius 1 is 2.00 bits per heavy atom. The van der Waals surface area contributed by atoms with Gasteiger partial charge in [-0.05, 0) is 0 Å². The van der Waals surface area contributed by atoms with E-state index >= 15 is 0 Å². The first-order valence-corrected chi connectivity index (χ1v) is 4.24. The van der Waals surface area contributed by atoms with Crippen LogP contribution >= 0.6 is 11.8 Å². The number of rotatable bonds is 2. The smallest absolute Gasteiger partial charge is 0.331 e. The van der Waals surface area contributed by atoms with Gasteiger partial charge in [-0.3, -0.25) is 4.99 Å². The summed E-state index contributed by atoms with van der Waals surface area (Å²) >= 11 is 1.52. The molecule has 1 aliphatic rings. The monoisotopic (exact) mass is 174 g/mol. The zero-order chi connectivity index (χ0) is 8.27. The van der Waals surface area contributed by atoms with Crippen LogP contribution < -0.4 is 5.73 Å². The summed E-state index contributed by atoms with van der Waals surface area (Å²) in [6, 6.07) is -0.330. The van der Waals surface area contributed by atoms with Crippen LogP contribution in [0.2, 0.25) is 0 Å². The van der Waals surface area contributed by atoms with Gasteiger partial charge in [0, 0.05) is 12.3 Å². The van der Waals surface area contributed by atoms with Crippen LogP contribution in [-0.4, -0.2) is 36.5 Å². The van der Waals surface area contributed by atoms with Gasteiger partial charge in [0.05, 0.1) is 12.2 Å². The molecule has 0 saturated carbocycles. The van der Waals surface area contributed by atoms with Crippen LogP contribution in [0.25, 0.3) is 0 Å². The topological polar surface area (TPSA) is 64.7 Å². The first-order valence-electron chi connectivity index (χ1n) is 3.25. The highest BCUT2D eigenvalue weighted by atomic mass is 32.2. The van der Waals surface area contributed by atoms with Crippen LogP contribution in [0.5, 0.6) is 0 Å². The van der Waals surface area contributed by atoms with E-state index in [2.05, 4.69) is 9.73 Å². The fourth-order valence-corrected chi connectivity index (χ4v) is 1.67. The van der Waals surface area contributed by atoms with Crippen molar-refractivity contribution in [2.45, 2.75) is 6.04 Å². The quantitative estimate of drug-likeness (QED) is 0.580. The van der Waals surface area contributed by atoms with Crippen molar-refractivity contribution in [3.8, 4) is 0 Å². The van der Waals surface area contributed by atoms with Crippen molar-refractivity contribution in [1.82, 2.24) is 0 Å². The van der Waals surface area contributed by atoms with Crippen molar-refractivity contribution < 1.29 is 9.53 Å². The van der Waals surface area contributed by atoms with Gasteiger partial charge >= 0.3 is 5.97 Å². The third-order valence-electron chi connectivity index (χ3n) is 1.36. The van der Waals surface area contributed by atoms with E-state index < -0.39 is 0 Å². The van der Waals surface area contributed by atoms with Crippen LogP contribution in [0, 0.1) is 0 Å². The Hall–Kier alpha value is -0.550. The molecule has 0 fully saturated rings. The van der Waals surface area contributed by atoms with E-state index in [1.807, 2.05) is 0 Å². The molecular weight excluding hydrogens is 164 g/mol. The van der Waals surface area contributed by atoms with Crippen LogP contribution in [-0.2, 0) is 9.53 Å². The molecule has 0 aromatic rings. The van der Waals surface area contributed by atoms with Crippen molar-refractivity contribution in [3.63, 3.8) is 0 Å². The minimum Gasteiger partial charge on any atom is -0.467 e. The third kappa shape index (κ3) is 1.94. The zero-order valence-corrected chi connectivity index (χ0v) is 7.06. The molecule has 1 unspecified atom stereocenters. The lowest BCUT2D eigenvalue weighted by atomic mass is 10.4. The summed E-state index contributed by atoms with van der Waals surface area (Å²) in [6.45, 7) is 0.415. The van der Waals surface area contributed by atoms with E-state index in [1.54, 1.807) is 0 Å². The molecule has 0 aromatic heterocycles. The third-order valence-corrected chi connectivity index (χ3v) is 2.44. The molecule has 0 spiro atoms. The predicted molar refractivity (Wildman–Crippen MR) is 44.8 cm³/mol. The summed E-state index contributed by atoms with van der Waals surface area (Å²) in [7, 11) is 1.36. The molecule has 0 aromatic carbocycles. The molecule has 0 radical (unpaired) electrons. The lowest BCUT2D eigenvalue weighted by Gasteiger charge is -2.00. The molecule has 0 amide bonds. The molecule has 1 aliphatic heterocycles. The Morgan fingerprint density at radius 3 is 3.18 bits per heavy atom. The number of carbonyl (C=O) groups is 1. The summed E-state index contributed by atoms with van der Waals surface area (Å²) in [5.74, 6) is 0.389. The molecule has 1 heterocycles. The molecule has 1 atom stereocenters. The Labute approximate surface area is 69.2 Å². The summed E-state index contributed by atoms with van der Waals surface area (Å²) in [6.07, 6.45) is 0. The molecule has 0 aliphatic carbocycles. The number of methoxy groups -OCH3 is 1.